The number of benzene rings is 1. The summed E-state index contributed by atoms with van der Waals surface area (Å²) in [5, 5.41) is 11.7. The Morgan fingerprint density at radius 3 is 2.66 bits per heavy atom. The van der Waals surface area contributed by atoms with E-state index in [0.717, 1.165) is 51.0 Å². The minimum absolute atomic E-state index is 0.0761. The molecule has 0 aliphatic carbocycles. The molecule has 176 valence electrons. The number of unbranched alkanes of at least 4 members (excludes halogenated alkanes) is 5. The second-order valence-corrected chi connectivity index (χ2v) is 8.43. The Kier molecular flexibility index (Phi) is 8.15. The van der Waals surface area contributed by atoms with E-state index in [-0.39, 0.29) is 29.3 Å². The third-order valence-corrected chi connectivity index (χ3v) is 6.01. The summed E-state index contributed by atoms with van der Waals surface area (Å²) >= 11 is 0. The Morgan fingerprint density at radius 2 is 1.94 bits per heavy atom. The molecule has 2 aromatic rings. The monoisotopic (exact) mass is 451 g/mol. The van der Waals surface area contributed by atoms with Crippen LogP contribution in [-0.4, -0.2) is 27.5 Å². The second kappa shape index (κ2) is 10.8. The molecule has 1 aromatic carbocycles. The summed E-state index contributed by atoms with van der Waals surface area (Å²) in [5.41, 5.74) is 5.59. The van der Waals surface area contributed by atoms with Gasteiger partial charge >= 0.3 is 6.18 Å². The van der Waals surface area contributed by atoms with Gasteiger partial charge in [0.15, 0.2) is 5.96 Å². The second-order valence-electron chi connectivity index (χ2n) is 8.43. The fourth-order valence-corrected chi connectivity index (χ4v) is 4.26. The predicted octanol–water partition coefficient (Wildman–Crippen LogP) is 6.08. The molecule has 0 spiro atoms. The predicted molar refractivity (Wildman–Crippen MR) is 117 cm³/mol. The van der Waals surface area contributed by atoms with Gasteiger partial charge in [-0.05, 0) is 43.7 Å². The van der Waals surface area contributed by atoms with Crippen LogP contribution in [0.5, 0.6) is 0 Å². The van der Waals surface area contributed by atoms with Crippen LogP contribution in [0.1, 0.15) is 87.8 Å². The van der Waals surface area contributed by atoms with Gasteiger partial charge in [0.2, 0.25) is 11.7 Å². The Balaban J connectivity index is 1.76. The number of hydrogen-bond donors (Lipinski definition) is 2. The molecule has 1 aliphatic rings. The van der Waals surface area contributed by atoms with Crippen LogP contribution < -0.4 is 5.73 Å². The van der Waals surface area contributed by atoms with Gasteiger partial charge in [-0.2, -0.15) is 18.2 Å². The first kappa shape index (κ1) is 24.1. The van der Waals surface area contributed by atoms with Crippen molar-refractivity contribution in [2.24, 2.45) is 5.73 Å². The van der Waals surface area contributed by atoms with Gasteiger partial charge in [0.05, 0.1) is 5.56 Å². The minimum atomic E-state index is -4.45. The maximum Gasteiger partial charge on any atom is 0.416 e. The SMILES string of the molecule is CCCCCCCCc1ccc(-c2noc([C@@H]3CCCCN3C(=N)N)n2)cc1C(F)(F)F. The largest absolute Gasteiger partial charge is 0.416 e. The lowest BCUT2D eigenvalue weighted by Crippen LogP contribution is -2.42. The number of aryl methyl sites for hydroxylation is 1. The van der Waals surface area contributed by atoms with Crippen LogP contribution in [0.15, 0.2) is 22.7 Å². The van der Waals surface area contributed by atoms with E-state index in [1.165, 1.54) is 12.5 Å². The van der Waals surface area contributed by atoms with Crippen molar-refractivity contribution in [3.8, 4) is 11.4 Å². The van der Waals surface area contributed by atoms with E-state index in [0.29, 0.717) is 24.9 Å². The first-order chi connectivity index (χ1) is 15.3. The zero-order valence-corrected chi connectivity index (χ0v) is 18.5. The van der Waals surface area contributed by atoms with Gasteiger partial charge in [-0.3, -0.25) is 5.41 Å². The summed E-state index contributed by atoms with van der Waals surface area (Å²) in [5.74, 6) is 0.318. The number of rotatable bonds is 9. The van der Waals surface area contributed by atoms with Crippen molar-refractivity contribution in [3.05, 3.63) is 35.2 Å². The number of guanidine groups is 1. The summed E-state index contributed by atoms with van der Waals surface area (Å²) in [6.07, 6.45) is 4.65. The quantitative estimate of drug-likeness (QED) is 0.274. The molecule has 0 bridgehead atoms. The normalized spacial score (nSPS) is 17.0. The summed E-state index contributed by atoms with van der Waals surface area (Å²) in [6, 6.07) is 3.95. The van der Waals surface area contributed by atoms with Crippen LogP contribution in [-0.2, 0) is 12.6 Å². The molecular formula is C23H32F3N5O. The maximum absolute atomic E-state index is 13.7. The number of piperidine rings is 1. The molecule has 0 unspecified atom stereocenters. The van der Waals surface area contributed by atoms with Crippen LogP contribution in [0.25, 0.3) is 11.4 Å². The van der Waals surface area contributed by atoms with Crippen LogP contribution in [0.4, 0.5) is 13.2 Å². The van der Waals surface area contributed by atoms with Crippen molar-refractivity contribution in [1.29, 1.82) is 5.41 Å². The summed E-state index contributed by atoms with van der Waals surface area (Å²) in [4.78, 5) is 6.04. The Hall–Kier alpha value is -2.58. The van der Waals surface area contributed by atoms with E-state index < -0.39 is 11.7 Å². The van der Waals surface area contributed by atoms with E-state index in [1.807, 2.05) is 0 Å². The molecule has 1 aliphatic heterocycles. The fraction of sp³-hybridized carbons (Fsp3) is 0.609. The average Bonchev–Trinajstić information content (AvgIpc) is 3.25. The molecule has 1 aromatic heterocycles. The molecule has 1 saturated heterocycles. The molecule has 1 atom stereocenters. The van der Waals surface area contributed by atoms with E-state index in [2.05, 4.69) is 17.1 Å². The lowest BCUT2D eigenvalue weighted by Gasteiger charge is -2.33. The number of likely N-dealkylation sites (tertiary alicyclic amines) is 1. The molecule has 0 radical (unpaired) electrons. The molecule has 32 heavy (non-hydrogen) atoms. The van der Waals surface area contributed by atoms with E-state index >= 15 is 0 Å². The lowest BCUT2D eigenvalue weighted by molar-refractivity contribution is -0.138. The zero-order chi connectivity index (χ0) is 23.1. The molecule has 6 nitrogen and oxygen atoms in total. The highest BCUT2D eigenvalue weighted by Crippen LogP contribution is 2.36. The van der Waals surface area contributed by atoms with Gasteiger partial charge in [-0.1, -0.05) is 56.3 Å². The fourth-order valence-electron chi connectivity index (χ4n) is 4.26. The first-order valence-corrected chi connectivity index (χ1v) is 11.5. The molecule has 0 saturated carbocycles. The number of halogens is 3. The van der Waals surface area contributed by atoms with Crippen LogP contribution >= 0.6 is 0 Å². The number of alkyl halides is 3. The highest BCUT2D eigenvalue weighted by molar-refractivity contribution is 5.75. The Morgan fingerprint density at radius 1 is 1.19 bits per heavy atom. The Labute approximate surface area is 186 Å². The van der Waals surface area contributed by atoms with Crippen LogP contribution in [0, 0.1) is 5.41 Å². The van der Waals surface area contributed by atoms with Crippen LogP contribution in [0.3, 0.4) is 0 Å². The van der Waals surface area contributed by atoms with Gasteiger partial charge in [0.1, 0.15) is 6.04 Å². The lowest BCUT2D eigenvalue weighted by atomic mass is 9.97. The zero-order valence-electron chi connectivity index (χ0n) is 18.5. The number of hydrogen-bond acceptors (Lipinski definition) is 4. The van der Waals surface area contributed by atoms with Crippen LogP contribution in [0.2, 0.25) is 0 Å². The summed E-state index contributed by atoms with van der Waals surface area (Å²) < 4.78 is 46.6. The molecule has 2 heterocycles. The van der Waals surface area contributed by atoms with Crippen molar-refractivity contribution >= 4 is 5.96 Å². The molecule has 1 fully saturated rings. The Bertz CT molecular complexity index is 896. The van der Waals surface area contributed by atoms with Crippen molar-refractivity contribution in [2.75, 3.05) is 6.54 Å². The topological polar surface area (TPSA) is 92.0 Å². The van der Waals surface area contributed by atoms with Gasteiger partial charge in [0, 0.05) is 12.1 Å². The highest BCUT2D eigenvalue weighted by Gasteiger charge is 2.34. The highest BCUT2D eigenvalue weighted by atomic mass is 19.4. The van der Waals surface area contributed by atoms with Crippen molar-refractivity contribution in [2.45, 2.75) is 83.4 Å². The summed E-state index contributed by atoms with van der Waals surface area (Å²) in [7, 11) is 0. The number of nitrogens with zero attached hydrogens (tertiary/aromatic N) is 3. The van der Waals surface area contributed by atoms with Crippen molar-refractivity contribution in [3.63, 3.8) is 0 Å². The van der Waals surface area contributed by atoms with Gasteiger partial charge in [-0.25, -0.2) is 0 Å². The van der Waals surface area contributed by atoms with E-state index in [1.54, 1.807) is 11.0 Å². The minimum Gasteiger partial charge on any atom is -0.370 e. The smallest absolute Gasteiger partial charge is 0.370 e. The molecule has 9 heteroatoms. The third kappa shape index (κ3) is 6.01. The number of nitrogens with one attached hydrogen (secondary N) is 1. The third-order valence-electron chi connectivity index (χ3n) is 6.01. The number of nitrogens with two attached hydrogens (primary N) is 1. The average molecular weight is 452 g/mol. The first-order valence-electron chi connectivity index (χ1n) is 11.5. The molecule has 3 rings (SSSR count). The van der Waals surface area contributed by atoms with E-state index in [9.17, 15) is 13.2 Å². The molecule has 3 N–H and O–H groups in total. The van der Waals surface area contributed by atoms with Gasteiger partial charge < -0.3 is 15.2 Å². The van der Waals surface area contributed by atoms with Gasteiger partial charge in [-0.15, -0.1) is 0 Å². The number of aromatic nitrogens is 2. The maximum atomic E-state index is 13.7. The summed E-state index contributed by atoms with van der Waals surface area (Å²) in [6.45, 7) is 2.75. The molecular weight excluding hydrogens is 419 g/mol. The van der Waals surface area contributed by atoms with Crippen molar-refractivity contribution < 1.29 is 17.7 Å². The van der Waals surface area contributed by atoms with Crippen molar-refractivity contribution in [1.82, 2.24) is 15.0 Å². The van der Waals surface area contributed by atoms with E-state index in [4.69, 9.17) is 15.7 Å². The van der Waals surface area contributed by atoms with Gasteiger partial charge in [0.25, 0.3) is 0 Å². The molecule has 0 amide bonds. The standard InChI is InChI=1S/C23H32F3N5O/c1-2-3-4-5-6-7-10-16-12-13-17(15-18(16)23(24,25)26)20-29-21(32-30-20)19-11-8-9-14-31(19)22(27)28/h12-13,15,19H,2-11,14H2,1H3,(H3,27,28)/t19-/m0/s1.